The molecule has 0 aliphatic carbocycles. The maximum absolute atomic E-state index is 9.16. The zero-order valence-electron chi connectivity index (χ0n) is 10.4. The van der Waals surface area contributed by atoms with Crippen molar-refractivity contribution in [3.05, 3.63) is 24.3 Å². The smallest absolute Gasteiger partial charge is 0.115 e. The Kier molecular flexibility index (Phi) is 5.76. The van der Waals surface area contributed by atoms with Crippen molar-refractivity contribution in [2.45, 2.75) is 52.0 Å². The normalized spacial score (nSPS) is 12.4. The van der Waals surface area contributed by atoms with Gasteiger partial charge in [-0.2, -0.15) is 0 Å². The Morgan fingerprint density at radius 3 is 2.44 bits per heavy atom. The van der Waals surface area contributed by atoms with Crippen molar-refractivity contribution in [3.63, 3.8) is 0 Å². The molecule has 1 rings (SSSR count). The molecule has 16 heavy (non-hydrogen) atoms. The summed E-state index contributed by atoms with van der Waals surface area (Å²) in [6, 6.07) is 7.76. The topological polar surface area (TPSA) is 32.3 Å². The maximum Gasteiger partial charge on any atom is 0.115 e. The van der Waals surface area contributed by atoms with Gasteiger partial charge in [-0.1, -0.05) is 32.6 Å². The molecule has 0 amide bonds. The van der Waals surface area contributed by atoms with Crippen LogP contribution in [0.2, 0.25) is 0 Å². The van der Waals surface area contributed by atoms with Crippen LogP contribution < -0.4 is 5.32 Å². The van der Waals surface area contributed by atoms with Crippen molar-refractivity contribution in [2.24, 2.45) is 0 Å². The number of aromatic hydroxyl groups is 1. The number of hydrogen-bond acceptors (Lipinski definition) is 2. The lowest BCUT2D eigenvalue weighted by molar-refractivity contribution is 0.475. The average molecular weight is 221 g/mol. The minimum Gasteiger partial charge on any atom is -0.508 e. The van der Waals surface area contributed by atoms with E-state index in [1.807, 2.05) is 12.1 Å². The van der Waals surface area contributed by atoms with Gasteiger partial charge < -0.3 is 10.4 Å². The molecule has 1 atom stereocenters. The van der Waals surface area contributed by atoms with E-state index in [1.54, 1.807) is 12.1 Å². The van der Waals surface area contributed by atoms with E-state index in [4.69, 9.17) is 5.11 Å². The third kappa shape index (κ3) is 5.06. The Balaban J connectivity index is 2.23. The number of phenols is 1. The second-order valence-electron chi connectivity index (χ2n) is 4.44. The predicted octanol–water partition coefficient (Wildman–Crippen LogP) is 4.16. The number of hydrogen-bond donors (Lipinski definition) is 2. The van der Waals surface area contributed by atoms with Crippen LogP contribution in [0.1, 0.15) is 46.0 Å². The lowest BCUT2D eigenvalue weighted by Gasteiger charge is -2.15. The van der Waals surface area contributed by atoms with Crippen LogP contribution in [0.4, 0.5) is 5.69 Å². The Morgan fingerprint density at radius 2 is 1.81 bits per heavy atom. The van der Waals surface area contributed by atoms with Crippen molar-refractivity contribution in [1.29, 1.82) is 0 Å². The van der Waals surface area contributed by atoms with Crippen LogP contribution in [0.25, 0.3) is 0 Å². The van der Waals surface area contributed by atoms with Crippen molar-refractivity contribution in [1.82, 2.24) is 0 Å². The lowest BCUT2D eigenvalue weighted by Crippen LogP contribution is -2.14. The number of unbranched alkanes of at least 4 members (excludes halogenated alkanes) is 3. The van der Waals surface area contributed by atoms with E-state index in [1.165, 1.54) is 32.1 Å². The fraction of sp³-hybridized carbons (Fsp3) is 0.571. The van der Waals surface area contributed by atoms with Crippen molar-refractivity contribution < 1.29 is 5.11 Å². The molecule has 0 radical (unpaired) electrons. The molecular weight excluding hydrogens is 198 g/mol. The van der Waals surface area contributed by atoms with Gasteiger partial charge in [-0.25, -0.2) is 0 Å². The second-order valence-corrected chi connectivity index (χ2v) is 4.44. The van der Waals surface area contributed by atoms with Gasteiger partial charge in [0, 0.05) is 11.7 Å². The molecule has 0 fully saturated rings. The molecule has 1 aromatic carbocycles. The SMILES string of the molecule is CCCCCCC(C)Nc1ccc(O)cc1. The van der Waals surface area contributed by atoms with E-state index in [0.29, 0.717) is 11.8 Å². The van der Waals surface area contributed by atoms with Gasteiger partial charge in [0.25, 0.3) is 0 Å². The summed E-state index contributed by atoms with van der Waals surface area (Å²) in [5.74, 6) is 0.321. The van der Waals surface area contributed by atoms with Gasteiger partial charge in [-0.05, 0) is 37.6 Å². The van der Waals surface area contributed by atoms with Gasteiger partial charge in [0.2, 0.25) is 0 Å². The zero-order chi connectivity index (χ0) is 11.8. The number of rotatable bonds is 7. The highest BCUT2D eigenvalue weighted by Crippen LogP contribution is 2.16. The largest absolute Gasteiger partial charge is 0.508 e. The van der Waals surface area contributed by atoms with E-state index in [2.05, 4.69) is 19.2 Å². The minimum atomic E-state index is 0.321. The molecule has 0 aliphatic rings. The molecule has 1 unspecified atom stereocenters. The first-order valence-corrected chi connectivity index (χ1v) is 6.28. The summed E-state index contributed by atoms with van der Waals surface area (Å²) in [5.41, 5.74) is 1.08. The number of nitrogens with one attached hydrogen (secondary N) is 1. The molecule has 0 heterocycles. The molecule has 0 bridgehead atoms. The van der Waals surface area contributed by atoms with Crippen molar-refractivity contribution in [2.75, 3.05) is 5.32 Å². The van der Waals surface area contributed by atoms with Crippen LogP contribution >= 0.6 is 0 Å². The molecule has 0 saturated heterocycles. The summed E-state index contributed by atoms with van der Waals surface area (Å²) >= 11 is 0. The van der Waals surface area contributed by atoms with Crippen LogP contribution in [0, 0.1) is 0 Å². The monoisotopic (exact) mass is 221 g/mol. The summed E-state index contributed by atoms with van der Waals surface area (Å²) in [7, 11) is 0. The minimum absolute atomic E-state index is 0.321. The van der Waals surface area contributed by atoms with Crippen molar-refractivity contribution in [3.8, 4) is 5.75 Å². The highest BCUT2D eigenvalue weighted by Gasteiger charge is 2.01. The molecule has 90 valence electrons. The molecule has 0 saturated carbocycles. The molecule has 2 heteroatoms. The molecule has 1 aromatic rings. The van der Waals surface area contributed by atoms with Gasteiger partial charge in [-0.3, -0.25) is 0 Å². The Bertz CT molecular complexity index is 281. The first-order valence-electron chi connectivity index (χ1n) is 6.28. The van der Waals surface area contributed by atoms with Crippen molar-refractivity contribution >= 4 is 5.69 Å². The number of benzene rings is 1. The van der Waals surface area contributed by atoms with E-state index in [0.717, 1.165) is 5.69 Å². The maximum atomic E-state index is 9.16. The fourth-order valence-corrected chi connectivity index (χ4v) is 1.79. The number of anilines is 1. The van der Waals surface area contributed by atoms with Crippen LogP contribution in [0.15, 0.2) is 24.3 Å². The second kappa shape index (κ2) is 7.15. The van der Waals surface area contributed by atoms with Crippen LogP contribution in [-0.2, 0) is 0 Å². The average Bonchev–Trinajstić information content (AvgIpc) is 2.28. The molecule has 2 nitrogen and oxygen atoms in total. The van der Waals surface area contributed by atoms with E-state index in [9.17, 15) is 0 Å². The Hall–Kier alpha value is -1.18. The van der Waals surface area contributed by atoms with Gasteiger partial charge in [0.15, 0.2) is 0 Å². The van der Waals surface area contributed by atoms with Crippen LogP contribution in [0.3, 0.4) is 0 Å². The first-order chi connectivity index (χ1) is 7.72. The summed E-state index contributed by atoms with van der Waals surface area (Å²) < 4.78 is 0. The molecule has 0 aromatic heterocycles. The van der Waals surface area contributed by atoms with Gasteiger partial charge in [0.05, 0.1) is 0 Å². The predicted molar refractivity (Wildman–Crippen MR) is 70.0 cm³/mol. The quantitative estimate of drug-likeness (QED) is 0.535. The van der Waals surface area contributed by atoms with E-state index in [-0.39, 0.29) is 0 Å². The highest BCUT2D eigenvalue weighted by molar-refractivity contribution is 5.46. The van der Waals surface area contributed by atoms with E-state index < -0.39 is 0 Å². The summed E-state index contributed by atoms with van der Waals surface area (Å²) in [6.07, 6.45) is 6.46. The molecule has 2 N–H and O–H groups in total. The third-order valence-electron chi connectivity index (χ3n) is 2.77. The fourth-order valence-electron chi connectivity index (χ4n) is 1.79. The lowest BCUT2D eigenvalue weighted by atomic mass is 10.1. The highest BCUT2D eigenvalue weighted by atomic mass is 16.3. The first kappa shape index (κ1) is 12.9. The van der Waals surface area contributed by atoms with Crippen LogP contribution in [-0.4, -0.2) is 11.1 Å². The van der Waals surface area contributed by atoms with E-state index >= 15 is 0 Å². The van der Waals surface area contributed by atoms with Gasteiger partial charge in [-0.15, -0.1) is 0 Å². The zero-order valence-corrected chi connectivity index (χ0v) is 10.4. The number of phenolic OH excluding ortho intramolecular Hbond substituents is 1. The Morgan fingerprint density at radius 1 is 1.12 bits per heavy atom. The summed E-state index contributed by atoms with van der Waals surface area (Å²) in [5, 5.41) is 12.6. The Labute approximate surface area is 98.7 Å². The molecule has 0 aliphatic heterocycles. The molecular formula is C14H23NO. The standard InChI is InChI=1S/C14H23NO/c1-3-4-5-6-7-12(2)15-13-8-10-14(16)11-9-13/h8-12,15-16H,3-7H2,1-2H3. The van der Waals surface area contributed by atoms with Crippen LogP contribution in [0.5, 0.6) is 5.75 Å². The van der Waals surface area contributed by atoms with Gasteiger partial charge >= 0.3 is 0 Å². The summed E-state index contributed by atoms with van der Waals surface area (Å²) in [6.45, 7) is 4.44. The summed E-state index contributed by atoms with van der Waals surface area (Å²) in [4.78, 5) is 0. The third-order valence-corrected chi connectivity index (χ3v) is 2.77. The molecule has 0 spiro atoms. The van der Waals surface area contributed by atoms with Gasteiger partial charge in [0.1, 0.15) is 5.75 Å².